The molecular weight excluding hydrogens is 256 g/mol. The highest BCUT2D eigenvalue weighted by Gasteiger charge is 2.41. The number of hydrogen-bond acceptors (Lipinski definition) is 5. The molecule has 6 nitrogen and oxygen atoms in total. The molecule has 0 radical (unpaired) electrons. The predicted octanol–water partition coefficient (Wildman–Crippen LogP) is 0.0384. The van der Waals surface area contributed by atoms with Gasteiger partial charge in [-0.05, 0) is 19.1 Å². The first-order chi connectivity index (χ1) is 9.50. The maximum Gasteiger partial charge on any atom is 0.293 e. The maximum absolute atomic E-state index is 12.4. The number of aromatic nitrogens is 2. The van der Waals surface area contributed by atoms with Crippen molar-refractivity contribution in [1.29, 1.82) is 0 Å². The molecule has 0 bridgehead atoms. The van der Waals surface area contributed by atoms with Gasteiger partial charge >= 0.3 is 0 Å². The quantitative estimate of drug-likeness (QED) is 0.834. The number of Topliss-reactive ketones (excluding diaryl/α,β-unsaturated/α-hetero) is 1. The van der Waals surface area contributed by atoms with Crippen molar-refractivity contribution in [2.75, 3.05) is 11.4 Å². The second-order valence-corrected chi connectivity index (χ2v) is 5.16. The highest BCUT2D eigenvalue weighted by Crippen LogP contribution is 2.23. The van der Waals surface area contributed by atoms with E-state index < -0.39 is 6.04 Å². The zero-order valence-corrected chi connectivity index (χ0v) is 11.4. The lowest BCUT2D eigenvalue weighted by molar-refractivity contribution is -0.119. The number of ketones is 1. The fourth-order valence-electron chi connectivity index (χ4n) is 2.72. The van der Waals surface area contributed by atoms with Gasteiger partial charge in [0.2, 0.25) is 0 Å². The average Bonchev–Trinajstić information content (AvgIpc) is 2.39. The van der Waals surface area contributed by atoms with Crippen LogP contribution in [-0.2, 0) is 11.8 Å². The van der Waals surface area contributed by atoms with Gasteiger partial charge in [0.25, 0.3) is 5.56 Å². The third-order valence-corrected chi connectivity index (χ3v) is 3.80. The van der Waals surface area contributed by atoms with Crippen molar-refractivity contribution in [3.05, 3.63) is 34.6 Å². The molecule has 0 spiro atoms. The molecule has 1 aliphatic rings. The Labute approximate surface area is 115 Å². The fourth-order valence-corrected chi connectivity index (χ4v) is 2.72. The van der Waals surface area contributed by atoms with Gasteiger partial charge in [-0.1, -0.05) is 12.1 Å². The van der Waals surface area contributed by atoms with E-state index in [4.69, 9.17) is 5.73 Å². The van der Waals surface area contributed by atoms with Crippen LogP contribution in [0, 0.1) is 0 Å². The van der Waals surface area contributed by atoms with Gasteiger partial charge in [0.15, 0.2) is 11.6 Å². The van der Waals surface area contributed by atoms with Crippen molar-refractivity contribution < 1.29 is 4.79 Å². The van der Waals surface area contributed by atoms with Crippen LogP contribution in [0.4, 0.5) is 5.82 Å². The van der Waals surface area contributed by atoms with Crippen molar-refractivity contribution >= 4 is 22.6 Å². The number of aryl methyl sites for hydroxylation is 1. The molecule has 2 aromatic rings. The molecule has 20 heavy (non-hydrogen) atoms. The Hall–Kier alpha value is -2.21. The summed E-state index contributed by atoms with van der Waals surface area (Å²) in [5, 5.41) is 0. The zero-order chi connectivity index (χ0) is 14.4. The van der Waals surface area contributed by atoms with Crippen LogP contribution in [0.1, 0.15) is 6.92 Å². The van der Waals surface area contributed by atoms with Crippen LogP contribution in [0.3, 0.4) is 0 Å². The lowest BCUT2D eigenvalue weighted by Gasteiger charge is -2.45. The van der Waals surface area contributed by atoms with E-state index in [2.05, 4.69) is 4.98 Å². The molecule has 2 atom stereocenters. The first kappa shape index (κ1) is 12.8. The second-order valence-electron chi connectivity index (χ2n) is 5.16. The van der Waals surface area contributed by atoms with Crippen molar-refractivity contribution in [3.8, 4) is 0 Å². The van der Waals surface area contributed by atoms with Crippen LogP contribution in [0.5, 0.6) is 0 Å². The number of nitrogens with zero attached hydrogens (tertiary/aromatic N) is 3. The Bertz CT molecular complexity index is 752. The van der Waals surface area contributed by atoms with Gasteiger partial charge in [0, 0.05) is 19.6 Å². The van der Waals surface area contributed by atoms with Crippen LogP contribution in [0.25, 0.3) is 11.0 Å². The lowest BCUT2D eigenvalue weighted by atomic mass is 9.94. The van der Waals surface area contributed by atoms with E-state index in [-0.39, 0.29) is 17.4 Å². The van der Waals surface area contributed by atoms with E-state index in [9.17, 15) is 9.59 Å². The molecule has 2 heterocycles. The van der Waals surface area contributed by atoms with Gasteiger partial charge < -0.3 is 15.2 Å². The Balaban J connectivity index is 2.16. The summed E-state index contributed by atoms with van der Waals surface area (Å²) < 4.78 is 1.55. The molecule has 2 N–H and O–H groups in total. The second kappa shape index (κ2) is 4.42. The molecule has 1 aliphatic heterocycles. The van der Waals surface area contributed by atoms with E-state index in [1.54, 1.807) is 16.5 Å². The Morgan fingerprint density at radius 2 is 2.10 bits per heavy atom. The largest absolute Gasteiger partial charge is 0.339 e. The topological polar surface area (TPSA) is 81.2 Å². The van der Waals surface area contributed by atoms with E-state index in [0.29, 0.717) is 12.4 Å². The summed E-state index contributed by atoms with van der Waals surface area (Å²) in [4.78, 5) is 30.1. The van der Waals surface area contributed by atoms with Crippen LogP contribution in [-0.4, -0.2) is 34.0 Å². The van der Waals surface area contributed by atoms with Gasteiger partial charge in [0.05, 0.1) is 11.0 Å². The van der Waals surface area contributed by atoms with Gasteiger partial charge in [-0.2, -0.15) is 0 Å². The summed E-state index contributed by atoms with van der Waals surface area (Å²) in [6.45, 7) is 1.97. The smallest absolute Gasteiger partial charge is 0.293 e. The molecule has 6 heteroatoms. The standard InChI is InChI=1S/C14H16N4O2/c1-8(19)12-9(15)7-18(12)13-14(20)17(2)11-6-4-3-5-10(11)16-13/h3-6,9,12H,7,15H2,1-2H3/t9-,12-/m1/s1. The van der Waals surface area contributed by atoms with Crippen molar-refractivity contribution in [2.24, 2.45) is 12.8 Å². The number of carbonyl (C=O) groups is 1. The Morgan fingerprint density at radius 3 is 2.75 bits per heavy atom. The molecule has 0 amide bonds. The number of anilines is 1. The van der Waals surface area contributed by atoms with E-state index >= 15 is 0 Å². The minimum atomic E-state index is -0.448. The van der Waals surface area contributed by atoms with Crippen LogP contribution in [0.15, 0.2) is 29.1 Å². The lowest BCUT2D eigenvalue weighted by Crippen LogP contribution is -2.68. The molecule has 1 saturated heterocycles. The number of para-hydroxylation sites is 2. The fraction of sp³-hybridized carbons (Fsp3) is 0.357. The third-order valence-electron chi connectivity index (χ3n) is 3.80. The molecule has 0 aliphatic carbocycles. The molecule has 0 saturated carbocycles. The monoisotopic (exact) mass is 272 g/mol. The maximum atomic E-state index is 12.4. The first-order valence-electron chi connectivity index (χ1n) is 6.49. The van der Waals surface area contributed by atoms with Crippen LogP contribution < -0.4 is 16.2 Å². The molecule has 1 fully saturated rings. The Kier molecular flexibility index (Phi) is 2.83. The zero-order valence-electron chi connectivity index (χ0n) is 11.4. The molecule has 104 valence electrons. The van der Waals surface area contributed by atoms with E-state index in [1.807, 2.05) is 24.3 Å². The number of nitrogens with two attached hydrogens (primary N) is 1. The first-order valence-corrected chi connectivity index (χ1v) is 6.49. The highest BCUT2D eigenvalue weighted by atomic mass is 16.1. The predicted molar refractivity (Wildman–Crippen MR) is 76.8 cm³/mol. The summed E-state index contributed by atoms with van der Waals surface area (Å²) >= 11 is 0. The Morgan fingerprint density at radius 1 is 1.40 bits per heavy atom. The van der Waals surface area contributed by atoms with Gasteiger partial charge in [-0.15, -0.1) is 0 Å². The number of rotatable bonds is 2. The van der Waals surface area contributed by atoms with Crippen LogP contribution >= 0.6 is 0 Å². The number of carbonyl (C=O) groups excluding carboxylic acids is 1. The molecule has 3 rings (SSSR count). The summed E-state index contributed by atoms with van der Waals surface area (Å²) in [5.74, 6) is 0.258. The van der Waals surface area contributed by atoms with Crippen molar-refractivity contribution in [3.63, 3.8) is 0 Å². The summed E-state index contributed by atoms with van der Waals surface area (Å²) in [5.41, 5.74) is 7.14. The van der Waals surface area contributed by atoms with Crippen molar-refractivity contribution in [2.45, 2.75) is 19.0 Å². The van der Waals surface area contributed by atoms with Crippen molar-refractivity contribution in [1.82, 2.24) is 9.55 Å². The molecule has 1 aromatic carbocycles. The molecular formula is C14H16N4O2. The van der Waals surface area contributed by atoms with Gasteiger partial charge in [0.1, 0.15) is 6.04 Å². The minimum Gasteiger partial charge on any atom is -0.339 e. The van der Waals surface area contributed by atoms with E-state index in [1.165, 1.54) is 6.92 Å². The van der Waals surface area contributed by atoms with Gasteiger partial charge in [-0.3, -0.25) is 9.59 Å². The minimum absolute atomic E-state index is 0.0410. The number of benzene rings is 1. The molecule has 0 unspecified atom stereocenters. The summed E-state index contributed by atoms with van der Waals surface area (Å²) in [6.07, 6.45) is 0. The van der Waals surface area contributed by atoms with E-state index in [0.717, 1.165) is 11.0 Å². The summed E-state index contributed by atoms with van der Waals surface area (Å²) in [7, 11) is 1.71. The number of fused-ring (bicyclic) bond motifs is 1. The van der Waals surface area contributed by atoms with Crippen LogP contribution in [0.2, 0.25) is 0 Å². The third kappa shape index (κ3) is 1.72. The number of hydrogen-bond donors (Lipinski definition) is 1. The molecule has 1 aromatic heterocycles. The normalized spacial score (nSPS) is 21.9. The average molecular weight is 272 g/mol. The highest BCUT2D eigenvalue weighted by molar-refractivity contribution is 5.88. The SMILES string of the molecule is CC(=O)[C@@H]1[C@H](N)CN1c1nc2ccccc2n(C)c1=O. The summed E-state index contributed by atoms with van der Waals surface area (Å²) in [6, 6.07) is 6.75. The van der Waals surface area contributed by atoms with Gasteiger partial charge in [-0.25, -0.2) is 4.98 Å².